The monoisotopic (exact) mass is 624 g/mol. The fourth-order valence-electron chi connectivity index (χ4n) is 8.21. The smallest absolute Gasteiger partial charge is 0.384 e. The fraction of sp³-hybridized carbons (Fsp3) is 0.250. The van der Waals surface area contributed by atoms with Gasteiger partial charge < -0.3 is 8.39 Å². The number of fused-ring (bicyclic) bond motifs is 9. The normalized spacial score (nSPS) is 20.1. The van der Waals surface area contributed by atoms with Crippen LogP contribution in [0.2, 0.25) is 0 Å². The Balaban J connectivity index is 1.40. The number of hydrogen-bond donors (Lipinski definition) is 1. The zero-order valence-electron chi connectivity index (χ0n) is 25.5. The van der Waals surface area contributed by atoms with Crippen molar-refractivity contribution in [2.24, 2.45) is 0 Å². The van der Waals surface area contributed by atoms with Crippen LogP contribution in [0.1, 0.15) is 71.9 Å². The van der Waals surface area contributed by atoms with Crippen molar-refractivity contribution >= 4 is 52.9 Å². The van der Waals surface area contributed by atoms with Gasteiger partial charge in [0, 0.05) is 33.0 Å². The van der Waals surface area contributed by atoms with Crippen LogP contribution in [0.4, 0.5) is 0 Å². The van der Waals surface area contributed by atoms with Crippen LogP contribution in [0.25, 0.3) is 33.1 Å². The van der Waals surface area contributed by atoms with Crippen molar-refractivity contribution in [2.75, 3.05) is 0 Å². The van der Waals surface area contributed by atoms with Gasteiger partial charge in [0.05, 0.1) is 0 Å². The lowest BCUT2D eigenvalue weighted by atomic mass is 9.79. The molecular formula is C40H33O5P. The number of carbonyl (C=O) groups excluding carboxylic acids is 2. The van der Waals surface area contributed by atoms with Gasteiger partial charge >= 0.3 is 8.24 Å². The SMILES string of the molecule is O=C1C=C(c2cc3c(c4c2op(O)oc2c(C5=CC(=O)C6=CC=CCC6=C5)cc5c(c24)CCCC5)CCCC3)C=C2CC=CC=C12. The van der Waals surface area contributed by atoms with Crippen LogP contribution in [0.15, 0.2) is 104 Å². The lowest BCUT2D eigenvalue weighted by Crippen LogP contribution is -2.11. The lowest BCUT2D eigenvalue weighted by molar-refractivity contribution is -0.111. The van der Waals surface area contributed by atoms with Crippen molar-refractivity contribution < 1.29 is 22.9 Å². The molecule has 1 heterocycles. The molecule has 9 rings (SSSR count). The molecule has 46 heavy (non-hydrogen) atoms. The molecule has 2 aromatic carbocycles. The van der Waals surface area contributed by atoms with Gasteiger partial charge in [-0.15, -0.1) is 0 Å². The quantitative estimate of drug-likeness (QED) is 0.307. The van der Waals surface area contributed by atoms with Gasteiger partial charge in [-0.1, -0.05) is 36.5 Å². The van der Waals surface area contributed by atoms with E-state index in [-0.39, 0.29) is 11.6 Å². The van der Waals surface area contributed by atoms with E-state index in [2.05, 4.69) is 36.4 Å². The molecule has 3 aromatic rings. The minimum absolute atomic E-state index is 0.00700. The van der Waals surface area contributed by atoms with E-state index in [1.54, 1.807) is 12.2 Å². The zero-order chi connectivity index (χ0) is 30.9. The van der Waals surface area contributed by atoms with Crippen LogP contribution >= 0.6 is 8.24 Å². The van der Waals surface area contributed by atoms with E-state index in [0.717, 1.165) is 107 Å². The minimum Gasteiger partial charge on any atom is -0.398 e. The summed E-state index contributed by atoms with van der Waals surface area (Å²) in [6.45, 7) is 0. The predicted molar refractivity (Wildman–Crippen MR) is 183 cm³/mol. The average molecular weight is 625 g/mol. The van der Waals surface area contributed by atoms with Gasteiger partial charge in [0.15, 0.2) is 22.7 Å². The first-order valence-electron chi connectivity index (χ1n) is 16.4. The van der Waals surface area contributed by atoms with Crippen LogP contribution in [0, 0.1) is 0 Å². The van der Waals surface area contributed by atoms with Crippen molar-refractivity contribution in [3.8, 4) is 0 Å². The molecule has 0 atom stereocenters. The van der Waals surface area contributed by atoms with Gasteiger partial charge in [0.1, 0.15) is 0 Å². The molecule has 0 aliphatic heterocycles. The second-order valence-electron chi connectivity index (χ2n) is 13.1. The van der Waals surface area contributed by atoms with Crippen LogP contribution in [0.3, 0.4) is 0 Å². The number of carbonyl (C=O) groups is 2. The second-order valence-corrected chi connectivity index (χ2v) is 13.9. The zero-order valence-corrected chi connectivity index (χ0v) is 26.4. The first kappa shape index (κ1) is 27.8. The Kier molecular flexibility index (Phi) is 6.55. The van der Waals surface area contributed by atoms with Crippen molar-refractivity contribution in [2.45, 2.75) is 64.2 Å². The van der Waals surface area contributed by atoms with Crippen molar-refractivity contribution in [1.29, 1.82) is 0 Å². The average Bonchev–Trinajstić information content (AvgIpc) is 3.24. The molecule has 0 saturated heterocycles. The Labute approximate surface area is 268 Å². The maximum absolute atomic E-state index is 13.4. The molecule has 0 bridgehead atoms. The van der Waals surface area contributed by atoms with E-state index in [1.165, 1.54) is 22.3 Å². The van der Waals surface area contributed by atoms with E-state index < -0.39 is 8.24 Å². The topological polar surface area (TPSA) is 80.7 Å². The molecule has 0 saturated carbocycles. The maximum atomic E-state index is 13.4. The number of allylic oxidation sites excluding steroid dienone is 16. The Morgan fingerprint density at radius 1 is 0.609 bits per heavy atom. The summed E-state index contributed by atoms with van der Waals surface area (Å²) in [5, 5.41) is 1.99. The summed E-state index contributed by atoms with van der Waals surface area (Å²) in [5.41, 5.74) is 13.0. The van der Waals surface area contributed by atoms with Crippen LogP contribution in [-0.4, -0.2) is 16.5 Å². The molecule has 6 heteroatoms. The third-order valence-electron chi connectivity index (χ3n) is 10.3. The molecule has 1 aromatic heterocycles. The highest BCUT2D eigenvalue weighted by Crippen LogP contribution is 2.47. The molecule has 0 amide bonds. The largest absolute Gasteiger partial charge is 0.398 e. The van der Waals surface area contributed by atoms with Crippen LogP contribution < -0.4 is 0 Å². The molecule has 1 N–H and O–H groups in total. The molecule has 0 radical (unpaired) electrons. The summed E-state index contributed by atoms with van der Waals surface area (Å²) in [6.07, 6.45) is 28.9. The molecule has 0 fully saturated rings. The van der Waals surface area contributed by atoms with Gasteiger partial charge in [-0.3, -0.25) is 14.5 Å². The standard InChI is InChI=1S/C40H33O5P/c41-35-21-27(17-23-9-1-5-13-29(23)35)33-19-25-11-3-7-15-31(25)37-38-32-16-8-4-12-26(32)20-34(40(38)45-46(43)44-39(33)37)28-18-24-10-2-6-14-30(24)36(42)22-28/h1-2,5-6,13-14,17-22,43H,3-4,7-12,15-16H2. The van der Waals surface area contributed by atoms with Gasteiger partial charge in [-0.2, -0.15) is 0 Å². The third-order valence-corrected chi connectivity index (χ3v) is 11.0. The second kappa shape index (κ2) is 10.8. The van der Waals surface area contributed by atoms with Gasteiger partial charge in [-0.25, -0.2) is 0 Å². The van der Waals surface area contributed by atoms with Crippen molar-refractivity contribution in [3.05, 3.63) is 129 Å². The minimum atomic E-state index is -2.36. The summed E-state index contributed by atoms with van der Waals surface area (Å²) in [7, 11) is -2.36. The van der Waals surface area contributed by atoms with E-state index in [4.69, 9.17) is 8.39 Å². The molecule has 5 nitrogen and oxygen atoms in total. The molecule has 0 spiro atoms. The summed E-state index contributed by atoms with van der Waals surface area (Å²) in [4.78, 5) is 38.2. The highest BCUT2D eigenvalue weighted by Gasteiger charge is 2.29. The highest BCUT2D eigenvalue weighted by molar-refractivity contribution is 7.30. The summed E-state index contributed by atoms with van der Waals surface area (Å²) >= 11 is 0. The Hall–Kier alpha value is -4.44. The first-order valence-corrected chi connectivity index (χ1v) is 17.6. The Bertz CT molecular complexity index is 2080. The third kappa shape index (κ3) is 4.40. The maximum Gasteiger partial charge on any atom is 0.384 e. The molecule has 6 aliphatic rings. The Morgan fingerprint density at radius 3 is 1.54 bits per heavy atom. The first-order chi connectivity index (χ1) is 22.5. The fourth-order valence-corrected chi connectivity index (χ4v) is 8.94. The number of ketones is 2. The van der Waals surface area contributed by atoms with Crippen molar-refractivity contribution in [1.82, 2.24) is 0 Å². The summed E-state index contributed by atoms with van der Waals surface area (Å²) in [5.74, 6) is -0.0140. The molecule has 6 aliphatic carbocycles. The predicted octanol–water partition coefficient (Wildman–Crippen LogP) is 9.36. The van der Waals surface area contributed by atoms with E-state index in [9.17, 15) is 14.5 Å². The molecule has 0 unspecified atom stereocenters. The van der Waals surface area contributed by atoms with E-state index >= 15 is 0 Å². The number of aryl methyl sites for hydroxylation is 4. The number of rotatable bonds is 2. The number of benzene rings is 2. The highest BCUT2D eigenvalue weighted by atomic mass is 31.1. The van der Waals surface area contributed by atoms with E-state index in [0.29, 0.717) is 24.0 Å². The molecule has 228 valence electrons. The summed E-state index contributed by atoms with van der Waals surface area (Å²) < 4.78 is 12.9. The Morgan fingerprint density at radius 2 is 1.07 bits per heavy atom. The van der Waals surface area contributed by atoms with Gasteiger partial charge in [0.25, 0.3) is 0 Å². The van der Waals surface area contributed by atoms with Gasteiger partial charge in [-0.05, 0) is 145 Å². The lowest BCUT2D eigenvalue weighted by Gasteiger charge is -2.24. The van der Waals surface area contributed by atoms with Crippen molar-refractivity contribution in [3.63, 3.8) is 0 Å². The number of hydrogen-bond acceptors (Lipinski definition) is 5. The summed E-state index contributed by atoms with van der Waals surface area (Å²) in [6, 6.07) is 4.39. The van der Waals surface area contributed by atoms with Gasteiger partial charge in [0.2, 0.25) is 0 Å². The van der Waals surface area contributed by atoms with E-state index in [1.807, 2.05) is 24.3 Å². The van der Waals surface area contributed by atoms with Crippen LogP contribution in [-0.2, 0) is 35.3 Å². The molecular weight excluding hydrogens is 591 g/mol. The van der Waals surface area contributed by atoms with Crippen LogP contribution in [0.5, 0.6) is 0 Å².